The molecule has 1 aliphatic heterocycles. The monoisotopic (exact) mass is 335 g/mol. The average molecular weight is 335 g/mol. The van der Waals surface area contributed by atoms with Crippen molar-refractivity contribution < 1.29 is 9.18 Å². The van der Waals surface area contributed by atoms with Gasteiger partial charge in [0.25, 0.3) is 0 Å². The Morgan fingerprint density at radius 3 is 2.48 bits per heavy atom. The molecule has 0 aliphatic carbocycles. The van der Waals surface area contributed by atoms with Crippen molar-refractivity contribution in [2.75, 3.05) is 4.90 Å². The molecule has 0 bridgehead atoms. The first-order valence-electron chi connectivity index (χ1n) is 8.29. The molecule has 2 heterocycles. The second-order valence-corrected chi connectivity index (χ2v) is 6.45. The van der Waals surface area contributed by atoms with Gasteiger partial charge in [-0.1, -0.05) is 44.2 Å². The Bertz CT molecular complexity index is 961. The van der Waals surface area contributed by atoms with Crippen molar-refractivity contribution in [3.63, 3.8) is 0 Å². The number of benzene rings is 2. The molecule has 1 aliphatic rings. The zero-order valence-corrected chi connectivity index (χ0v) is 14.1. The Labute approximate surface area is 145 Å². The summed E-state index contributed by atoms with van der Waals surface area (Å²) in [7, 11) is 0. The highest BCUT2D eigenvalue weighted by atomic mass is 19.1. The van der Waals surface area contributed by atoms with Crippen LogP contribution in [0.1, 0.15) is 13.8 Å². The lowest BCUT2D eigenvalue weighted by atomic mass is 10.1. The SMILES string of the molecule is CC(C)C(=O)N1Cn2c(cnc2-c2ccccc2F)-c2ccccc21. The van der Waals surface area contributed by atoms with Crippen LogP contribution in [0.5, 0.6) is 0 Å². The largest absolute Gasteiger partial charge is 0.305 e. The lowest BCUT2D eigenvalue weighted by Crippen LogP contribution is -2.38. The van der Waals surface area contributed by atoms with E-state index in [1.165, 1.54) is 6.07 Å². The number of aromatic nitrogens is 2. The molecule has 25 heavy (non-hydrogen) atoms. The van der Waals surface area contributed by atoms with Gasteiger partial charge in [0.1, 0.15) is 18.3 Å². The highest BCUT2D eigenvalue weighted by Gasteiger charge is 2.30. The van der Waals surface area contributed by atoms with E-state index in [1.54, 1.807) is 29.3 Å². The number of fused-ring (bicyclic) bond motifs is 3. The van der Waals surface area contributed by atoms with Crippen molar-refractivity contribution in [2.24, 2.45) is 5.92 Å². The lowest BCUT2D eigenvalue weighted by Gasteiger charge is -2.32. The van der Waals surface area contributed by atoms with Gasteiger partial charge < -0.3 is 4.57 Å². The van der Waals surface area contributed by atoms with Gasteiger partial charge in [0.05, 0.1) is 23.1 Å². The van der Waals surface area contributed by atoms with Crippen molar-refractivity contribution in [3.05, 3.63) is 60.5 Å². The summed E-state index contributed by atoms with van der Waals surface area (Å²) in [5, 5.41) is 0. The third kappa shape index (κ3) is 2.43. The molecule has 3 aromatic rings. The van der Waals surface area contributed by atoms with Gasteiger partial charge in [0.2, 0.25) is 5.91 Å². The third-order valence-corrected chi connectivity index (χ3v) is 4.48. The fourth-order valence-electron chi connectivity index (χ4n) is 3.23. The molecule has 4 rings (SSSR count). The molecule has 126 valence electrons. The number of para-hydroxylation sites is 1. The van der Waals surface area contributed by atoms with E-state index >= 15 is 0 Å². The lowest BCUT2D eigenvalue weighted by molar-refractivity contribution is -0.121. The molecule has 5 heteroatoms. The number of imidazole rings is 1. The Morgan fingerprint density at radius 2 is 1.76 bits per heavy atom. The number of carbonyl (C=O) groups excluding carboxylic acids is 1. The van der Waals surface area contributed by atoms with Crippen molar-refractivity contribution >= 4 is 11.6 Å². The summed E-state index contributed by atoms with van der Waals surface area (Å²) in [4.78, 5) is 18.9. The van der Waals surface area contributed by atoms with Gasteiger partial charge in [0.15, 0.2) is 0 Å². The van der Waals surface area contributed by atoms with Gasteiger partial charge in [-0.2, -0.15) is 0 Å². The van der Waals surface area contributed by atoms with E-state index in [9.17, 15) is 9.18 Å². The smallest absolute Gasteiger partial charge is 0.231 e. The Hall–Kier alpha value is -2.95. The molecule has 0 saturated carbocycles. The van der Waals surface area contributed by atoms with Gasteiger partial charge in [-0.05, 0) is 18.2 Å². The quantitative estimate of drug-likeness (QED) is 0.700. The van der Waals surface area contributed by atoms with E-state index < -0.39 is 0 Å². The fraction of sp³-hybridized carbons (Fsp3) is 0.200. The van der Waals surface area contributed by atoms with Crippen LogP contribution in [0.15, 0.2) is 54.7 Å². The molecular weight excluding hydrogens is 317 g/mol. The molecule has 0 radical (unpaired) electrons. The zero-order chi connectivity index (χ0) is 17.6. The number of nitrogens with zero attached hydrogens (tertiary/aromatic N) is 3. The van der Waals surface area contributed by atoms with Crippen molar-refractivity contribution in [2.45, 2.75) is 20.5 Å². The van der Waals surface area contributed by atoms with Crippen LogP contribution in [-0.4, -0.2) is 15.5 Å². The molecule has 1 amide bonds. The minimum atomic E-state index is -0.323. The van der Waals surface area contributed by atoms with Crippen LogP contribution in [0.25, 0.3) is 22.6 Å². The van der Waals surface area contributed by atoms with Gasteiger partial charge in [-0.15, -0.1) is 0 Å². The summed E-state index contributed by atoms with van der Waals surface area (Å²) in [5.74, 6) is 0.113. The van der Waals surface area contributed by atoms with E-state index in [-0.39, 0.29) is 17.6 Å². The van der Waals surface area contributed by atoms with Gasteiger partial charge in [0, 0.05) is 11.5 Å². The van der Waals surface area contributed by atoms with Crippen molar-refractivity contribution in [3.8, 4) is 22.6 Å². The first kappa shape index (κ1) is 15.6. The molecule has 0 atom stereocenters. The standard InChI is InChI=1S/C20H18FN3O/c1-13(2)20(25)24-12-23-18(15-8-4-6-10-17(15)24)11-22-19(23)14-7-3-5-9-16(14)21/h3-11,13H,12H2,1-2H3. The van der Waals surface area contributed by atoms with Crippen LogP contribution in [0.3, 0.4) is 0 Å². The number of hydrogen-bond acceptors (Lipinski definition) is 2. The highest BCUT2D eigenvalue weighted by molar-refractivity contribution is 5.99. The first-order valence-corrected chi connectivity index (χ1v) is 8.29. The fourth-order valence-corrected chi connectivity index (χ4v) is 3.23. The molecule has 0 saturated heterocycles. The third-order valence-electron chi connectivity index (χ3n) is 4.48. The van der Waals surface area contributed by atoms with E-state index in [4.69, 9.17) is 0 Å². The molecule has 0 fully saturated rings. The van der Waals surface area contributed by atoms with Crippen LogP contribution in [0.2, 0.25) is 0 Å². The Morgan fingerprint density at radius 1 is 1.08 bits per heavy atom. The van der Waals surface area contributed by atoms with E-state index in [1.807, 2.05) is 42.7 Å². The molecular formula is C20H18FN3O. The number of rotatable bonds is 2. The Kier molecular flexibility index (Phi) is 3.64. The number of carbonyl (C=O) groups is 1. The molecule has 0 N–H and O–H groups in total. The minimum Gasteiger partial charge on any atom is -0.305 e. The molecule has 0 spiro atoms. The molecule has 4 nitrogen and oxygen atoms in total. The minimum absolute atomic E-state index is 0.0336. The maximum atomic E-state index is 14.3. The Balaban J connectivity index is 1.91. The van der Waals surface area contributed by atoms with Crippen LogP contribution >= 0.6 is 0 Å². The maximum absolute atomic E-state index is 14.3. The molecule has 2 aromatic carbocycles. The first-order chi connectivity index (χ1) is 12.1. The average Bonchev–Trinajstić information content (AvgIpc) is 3.04. The van der Waals surface area contributed by atoms with Crippen molar-refractivity contribution in [1.82, 2.24) is 9.55 Å². The second kappa shape index (κ2) is 5.84. The summed E-state index contributed by atoms with van der Waals surface area (Å²) >= 11 is 0. The van der Waals surface area contributed by atoms with Crippen LogP contribution in [0.4, 0.5) is 10.1 Å². The summed E-state index contributed by atoms with van der Waals surface area (Å²) in [6.07, 6.45) is 1.75. The number of anilines is 1. The summed E-state index contributed by atoms with van der Waals surface area (Å²) in [5.41, 5.74) is 3.12. The van der Waals surface area contributed by atoms with E-state index in [0.29, 0.717) is 18.1 Å². The summed E-state index contributed by atoms with van der Waals surface area (Å²) in [6, 6.07) is 14.3. The molecule has 0 unspecified atom stereocenters. The van der Waals surface area contributed by atoms with Gasteiger partial charge in [-0.25, -0.2) is 9.37 Å². The second-order valence-electron chi connectivity index (χ2n) is 6.45. The highest BCUT2D eigenvalue weighted by Crippen LogP contribution is 2.39. The summed E-state index contributed by atoms with van der Waals surface area (Å²) in [6.45, 7) is 4.09. The summed E-state index contributed by atoms with van der Waals surface area (Å²) < 4.78 is 16.2. The normalized spacial score (nSPS) is 12.9. The number of hydrogen-bond donors (Lipinski definition) is 0. The predicted octanol–water partition coefficient (Wildman–Crippen LogP) is 4.32. The zero-order valence-electron chi connectivity index (χ0n) is 14.1. The van der Waals surface area contributed by atoms with E-state index in [2.05, 4.69) is 4.98 Å². The van der Waals surface area contributed by atoms with Crippen LogP contribution in [0, 0.1) is 11.7 Å². The molecule has 1 aromatic heterocycles. The predicted molar refractivity (Wildman–Crippen MR) is 95.4 cm³/mol. The van der Waals surface area contributed by atoms with Crippen LogP contribution in [-0.2, 0) is 11.5 Å². The van der Waals surface area contributed by atoms with Crippen molar-refractivity contribution in [1.29, 1.82) is 0 Å². The topological polar surface area (TPSA) is 38.1 Å². The van der Waals surface area contributed by atoms with E-state index in [0.717, 1.165) is 16.9 Å². The number of amides is 1. The van der Waals surface area contributed by atoms with Gasteiger partial charge >= 0.3 is 0 Å². The maximum Gasteiger partial charge on any atom is 0.231 e. The van der Waals surface area contributed by atoms with Gasteiger partial charge in [-0.3, -0.25) is 9.69 Å². The van der Waals surface area contributed by atoms with Crippen LogP contribution < -0.4 is 4.90 Å². The number of halogens is 1.